The summed E-state index contributed by atoms with van der Waals surface area (Å²) in [6.45, 7) is 0. The van der Waals surface area contributed by atoms with Crippen LogP contribution in [0.2, 0.25) is 0 Å². The van der Waals surface area contributed by atoms with Gasteiger partial charge in [-0.3, -0.25) is 14.6 Å². The molecule has 2 heterocycles. The van der Waals surface area contributed by atoms with Crippen LogP contribution in [0.15, 0.2) is 77.9 Å². The lowest BCUT2D eigenvalue weighted by Gasteiger charge is -2.18. The largest absolute Gasteiger partial charge is 0.339 e. The molecule has 3 rings (SSSR count). The number of carbonyl (C=O) groups is 1. The molecule has 114 valence electrons. The van der Waals surface area contributed by atoms with E-state index in [4.69, 9.17) is 0 Å². The third kappa shape index (κ3) is 3.52. The molecule has 0 aliphatic carbocycles. The Balaban J connectivity index is 1.92. The molecule has 1 aromatic carbocycles. The van der Waals surface area contributed by atoms with Gasteiger partial charge >= 0.3 is 0 Å². The zero-order valence-electron chi connectivity index (χ0n) is 12.3. The zero-order valence-corrected chi connectivity index (χ0v) is 12.3. The molecule has 1 unspecified atom stereocenters. The lowest BCUT2D eigenvalue weighted by molar-refractivity contribution is 0.0942. The minimum atomic E-state index is -0.364. The number of pyridine rings is 2. The predicted molar refractivity (Wildman–Crippen MR) is 87.1 cm³/mol. The molecule has 5 heteroatoms. The number of aromatic nitrogens is 2. The standard InChI is InChI=1S/C18H15N3O2/c22-16-10-9-14(12-20-16)18(23)21-17(13-6-2-1-3-7-13)15-8-4-5-11-19-15/h1-12,17H,(H,20,22)(H,21,23). The Hall–Kier alpha value is -3.21. The van der Waals surface area contributed by atoms with E-state index in [0.717, 1.165) is 11.3 Å². The number of H-pyrrole nitrogens is 1. The Kier molecular flexibility index (Phi) is 4.29. The first kappa shape index (κ1) is 14.7. The number of hydrogen-bond acceptors (Lipinski definition) is 3. The minimum Gasteiger partial charge on any atom is -0.339 e. The van der Waals surface area contributed by atoms with Gasteiger partial charge in [-0.2, -0.15) is 0 Å². The van der Waals surface area contributed by atoms with Crippen LogP contribution >= 0.6 is 0 Å². The molecule has 0 aliphatic heterocycles. The summed E-state index contributed by atoms with van der Waals surface area (Å²) in [5.74, 6) is -0.277. The Morgan fingerprint density at radius 1 is 1.00 bits per heavy atom. The van der Waals surface area contributed by atoms with Crippen molar-refractivity contribution in [3.8, 4) is 0 Å². The lowest BCUT2D eigenvalue weighted by Crippen LogP contribution is -2.30. The van der Waals surface area contributed by atoms with Crippen molar-refractivity contribution in [3.63, 3.8) is 0 Å². The van der Waals surface area contributed by atoms with Gasteiger partial charge in [0.2, 0.25) is 5.56 Å². The molecule has 3 aromatic rings. The van der Waals surface area contributed by atoms with Gasteiger partial charge in [-0.05, 0) is 23.8 Å². The van der Waals surface area contributed by atoms with Crippen LogP contribution < -0.4 is 10.9 Å². The molecule has 0 spiro atoms. The first-order valence-electron chi connectivity index (χ1n) is 7.19. The first-order valence-corrected chi connectivity index (χ1v) is 7.19. The summed E-state index contributed by atoms with van der Waals surface area (Å²) < 4.78 is 0. The van der Waals surface area contributed by atoms with Crippen molar-refractivity contribution in [3.05, 3.63) is 100 Å². The van der Waals surface area contributed by atoms with Gasteiger partial charge in [-0.25, -0.2) is 0 Å². The van der Waals surface area contributed by atoms with Crippen LogP contribution in [0, 0.1) is 0 Å². The number of nitrogens with one attached hydrogen (secondary N) is 2. The number of hydrogen-bond donors (Lipinski definition) is 2. The van der Waals surface area contributed by atoms with E-state index >= 15 is 0 Å². The fourth-order valence-electron chi connectivity index (χ4n) is 2.29. The van der Waals surface area contributed by atoms with E-state index in [1.54, 1.807) is 6.20 Å². The number of benzene rings is 1. The molecule has 5 nitrogen and oxygen atoms in total. The fourth-order valence-corrected chi connectivity index (χ4v) is 2.29. The van der Waals surface area contributed by atoms with Gasteiger partial charge in [0.15, 0.2) is 0 Å². The molecular weight excluding hydrogens is 290 g/mol. The van der Waals surface area contributed by atoms with Crippen molar-refractivity contribution in [1.82, 2.24) is 15.3 Å². The van der Waals surface area contributed by atoms with Crippen molar-refractivity contribution < 1.29 is 4.79 Å². The van der Waals surface area contributed by atoms with E-state index in [1.165, 1.54) is 18.3 Å². The molecule has 2 aromatic heterocycles. The third-order valence-electron chi connectivity index (χ3n) is 3.44. The van der Waals surface area contributed by atoms with E-state index in [-0.39, 0.29) is 17.5 Å². The van der Waals surface area contributed by atoms with Gasteiger partial charge < -0.3 is 10.3 Å². The highest BCUT2D eigenvalue weighted by atomic mass is 16.2. The lowest BCUT2D eigenvalue weighted by atomic mass is 10.0. The summed E-state index contributed by atoms with van der Waals surface area (Å²) in [4.78, 5) is 30.4. The van der Waals surface area contributed by atoms with Gasteiger partial charge in [-0.1, -0.05) is 36.4 Å². The van der Waals surface area contributed by atoms with Crippen molar-refractivity contribution in [2.75, 3.05) is 0 Å². The van der Waals surface area contributed by atoms with Crippen LogP contribution in [0.4, 0.5) is 0 Å². The molecular formula is C18H15N3O2. The molecule has 23 heavy (non-hydrogen) atoms. The second kappa shape index (κ2) is 6.70. The van der Waals surface area contributed by atoms with Crippen LogP contribution in [0.1, 0.15) is 27.7 Å². The molecule has 0 saturated carbocycles. The van der Waals surface area contributed by atoms with Crippen LogP contribution in [-0.2, 0) is 0 Å². The summed E-state index contributed by atoms with van der Waals surface area (Å²) in [7, 11) is 0. The van der Waals surface area contributed by atoms with Crippen LogP contribution in [-0.4, -0.2) is 15.9 Å². The molecule has 0 bridgehead atoms. The smallest absolute Gasteiger partial charge is 0.253 e. The zero-order chi connectivity index (χ0) is 16.1. The van der Waals surface area contributed by atoms with E-state index in [0.29, 0.717) is 5.56 Å². The quantitative estimate of drug-likeness (QED) is 0.776. The van der Waals surface area contributed by atoms with Crippen molar-refractivity contribution >= 4 is 5.91 Å². The van der Waals surface area contributed by atoms with E-state index < -0.39 is 0 Å². The second-order valence-corrected chi connectivity index (χ2v) is 5.01. The number of rotatable bonds is 4. The van der Waals surface area contributed by atoms with Crippen LogP contribution in [0.25, 0.3) is 0 Å². The molecule has 1 amide bonds. The van der Waals surface area contributed by atoms with Gasteiger partial charge in [0.05, 0.1) is 17.3 Å². The van der Waals surface area contributed by atoms with Gasteiger partial charge in [0.25, 0.3) is 5.91 Å². The van der Waals surface area contributed by atoms with Crippen molar-refractivity contribution in [2.24, 2.45) is 0 Å². The van der Waals surface area contributed by atoms with E-state index in [9.17, 15) is 9.59 Å². The SMILES string of the molecule is O=C(NC(c1ccccc1)c1ccccn1)c1ccc(=O)[nH]c1. The van der Waals surface area contributed by atoms with Crippen molar-refractivity contribution in [2.45, 2.75) is 6.04 Å². The average Bonchev–Trinajstić information content (AvgIpc) is 2.61. The highest BCUT2D eigenvalue weighted by molar-refractivity contribution is 5.94. The van der Waals surface area contributed by atoms with Gasteiger partial charge in [-0.15, -0.1) is 0 Å². The third-order valence-corrected chi connectivity index (χ3v) is 3.44. The Morgan fingerprint density at radius 2 is 1.78 bits per heavy atom. The Bertz CT molecular complexity index is 785. The summed E-state index contributed by atoms with van der Waals surface area (Å²) in [5, 5.41) is 2.96. The summed E-state index contributed by atoms with van der Waals surface area (Å²) in [5.41, 5.74) is 1.83. The predicted octanol–water partition coefficient (Wildman–Crippen LogP) is 2.29. The topological polar surface area (TPSA) is 74.8 Å². The highest BCUT2D eigenvalue weighted by Gasteiger charge is 2.18. The Morgan fingerprint density at radius 3 is 2.43 bits per heavy atom. The number of aromatic amines is 1. The maximum Gasteiger partial charge on any atom is 0.253 e. The normalized spacial score (nSPS) is 11.7. The first-order chi connectivity index (χ1) is 11.2. The summed E-state index contributed by atoms with van der Waals surface area (Å²) in [6.07, 6.45) is 3.09. The fraction of sp³-hybridized carbons (Fsp3) is 0.0556. The van der Waals surface area contributed by atoms with Gasteiger partial charge in [0, 0.05) is 18.5 Å². The van der Waals surface area contributed by atoms with Crippen LogP contribution in [0.3, 0.4) is 0 Å². The summed E-state index contributed by atoms with van der Waals surface area (Å²) >= 11 is 0. The van der Waals surface area contributed by atoms with Gasteiger partial charge in [0.1, 0.15) is 0 Å². The molecule has 0 saturated heterocycles. The number of nitrogens with zero attached hydrogens (tertiary/aromatic N) is 1. The van der Waals surface area contributed by atoms with Crippen molar-refractivity contribution in [1.29, 1.82) is 0 Å². The molecule has 0 aliphatic rings. The maximum absolute atomic E-state index is 12.5. The average molecular weight is 305 g/mol. The maximum atomic E-state index is 12.5. The summed E-state index contributed by atoms with van der Waals surface area (Å²) in [6, 6.07) is 17.7. The minimum absolute atomic E-state index is 0.245. The number of carbonyl (C=O) groups excluding carboxylic acids is 1. The molecule has 0 fully saturated rings. The highest BCUT2D eigenvalue weighted by Crippen LogP contribution is 2.20. The molecule has 1 atom stereocenters. The monoisotopic (exact) mass is 305 g/mol. The van der Waals surface area contributed by atoms with E-state index in [2.05, 4.69) is 15.3 Å². The van der Waals surface area contributed by atoms with Crippen LogP contribution in [0.5, 0.6) is 0 Å². The molecule has 2 N–H and O–H groups in total. The second-order valence-electron chi connectivity index (χ2n) is 5.01. The molecule has 0 radical (unpaired) electrons. The number of amides is 1. The Labute approximate surface area is 133 Å². The van der Waals surface area contributed by atoms with E-state index in [1.807, 2.05) is 48.5 Å².